The lowest BCUT2D eigenvalue weighted by molar-refractivity contribution is -0.132. The van der Waals surface area contributed by atoms with E-state index in [1.807, 2.05) is 0 Å². The smallest absolute Gasteiger partial charge is 0.352 e. The minimum Gasteiger partial charge on any atom is -0.493 e. The van der Waals surface area contributed by atoms with Crippen LogP contribution >= 0.6 is 15.9 Å². The molecule has 0 aliphatic carbocycles. The Balaban J connectivity index is 2.28. The van der Waals surface area contributed by atoms with Crippen molar-refractivity contribution in [2.75, 3.05) is 14.2 Å². The molecule has 0 unspecified atom stereocenters. The first-order valence-electron chi connectivity index (χ1n) is 7.18. The first-order chi connectivity index (χ1) is 11.9. The van der Waals surface area contributed by atoms with Crippen LogP contribution in [0.5, 0.6) is 11.5 Å². The van der Waals surface area contributed by atoms with E-state index in [-0.39, 0.29) is 5.70 Å². The van der Waals surface area contributed by atoms with Crippen molar-refractivity contribution < 1.29 is 24.2 Å². The molecule has 0 atom stereocenters. The van der Waals surface area contributed by atoms with Gasteiger partial charge >= 0.3 is 5.97 Å². The number of aliphatic carboxylic acids is 1. The lowest BCUT2D eigenvalue weighted by Gasteiger charge is -2.09. The number of benzene rings is 2. The van der Waals surface area contributed by atoms with Crippen molar-refractivity contribution in [3.63, 3.8) is 0 Å². The molecule has 0 saturated carbocycles. The summed E-state index contributed by atoms with van der Waals surface area (Å²) in [5, 5.41) is 11.8. The maximum atomic E-state index is 12.2. The molecule has 2 N–H and O–H groups in total. The van der Waals surface area contributed by atoms with Crippen LogP contribution in [0.3, 0.4) is 0 Å². The minimum absolute atomic E-state index is 0.250. The van der Waals surface area contributed by atoms with Crippen LogP contribution in [0.15, 0.2) is 52.6 Å². The molecular formula is C18H16BrNO5. The third-order valence-electron chi connectivity index (χ3n) is 3.30. The lowest BCUT2D eigenvalue weighted by atomic mass is 10.1. The fourth-order valence-corrected chi connectivity index (χ4v) is 2.32. The zero-order valence-corrected chi connectivity index (χ0v) is 15.2. The molecule has 2 aromatic rings. The Morgan fingerprint density at radius 3 is 2.24 bits per heavy atom. The van der Waals surface area contributed by atoms with Gasteiger partial charge in [-0.2, -0.15) is 0 Å². The summed E-state index contributed by atoms with van der Waals surface area (Å²) in [6, 6.07) is 11.5. The van der Waals surface area contributed by atoms with Crippen LogP contribution in [0, 0.1) is 0 Å². The van der Waals surface area contributed by atoms with E-state index in [0.717, 1.165) is 4.47 Å². The summed E-state index contributed by atoms with van der Waals surface area (Å²) in [6.45, 7) is 0. The number of hydrogen-bond acceptors (Lipinski definition) is 4. The molecule has 7 heteroatoms. The number of ether oxygens (including phenoxy) is 2. The molecule has 25 heavy (non-hydrogen) atoms. The molecule has 0 spiro atoms. The molecule has 0 aliphatic heterocycles. The Morgan fingerprint density at radius 1 is 1.04 bits per heavy atom. The number of nitrogens with one attached hydrogen (secondary N) is 1. The van der Waals surface area contributed by atoms with E-state index in [4.69, 9.17) is 9.47 Å². The van der Waals surface area contributed by atoms with Gasteiger partial charge < -0.3 is 19.9 Å². The van der Waals surface area contributed by atoms with E-state index in [0.29, 0.717) is 22.6 Å². The largest absolute Gasteiger partial charge is 0.493 e. The van der Waals surface area contributed by atoms with Crippen molar-refractivity contribution in [3.8, 4) is 11.5 Å². The second-order valence-corrected chi connectivity index (χ2v) is 5.85. The molecule has 6 nitrogen and oxygen atoms in total. The highest BCUT2D eigenvalue weighted by atomic mass is 79.9. The summed E-state index contributed by atoms with van der Waals surface area (Å²) in [5.74, 6) is -0.780. The predicted molar refractivity (Wildman–Crippen MR) is 96.8 cm³/mol. The van der Waals surface area contributed by atoms with Gasteiger partial charge in [-0.1, -0.05) is 22.0 Å². The second kappa shape index (κ2) is 8.34. The molecular weight excluding hydrogens is 390 g/mol. The summed E-state index contributed by atoms with van der Waals surface area (Å²) in [7, 11) is 2.99. The fraction of sp³-hybridized carbons (Fsp3) is 0.111. The zero-order chi connectivity index (χ0) is 18.4. The first-order valence-corrected chi connectivity index (χ1v) is 7.98. The quantitative estimate of drug-likeness (QED) is 0.719. The van der Waals surface area contributed by atoms with Crippen LogP contribution in [-0.2, 0) is 4.79 Å². The van der Waals surface area contributed by atoms with Gasteiger partial charge in [0.2, 0.25) is 0 Å². The summed E-state index contributed by atoms with van der Waals surface area (Å²) >= 11 is 3.28. The molecule has 2 rings (SSSR count). The van der Waals surface area contributed by atoms with Crippen LogP contribution in [0.25, 0.3) is 6.08 Å². The molecule has 0 saturated heterocycles. The van der Waals surface area contributed by atoms with Gasteiger partial charge in [0.25, 0.3) is 5.91 Å². The number of carbonyl (C=O) groups is 2. The van der Waals surface area contributed by atoms with Gasteiger partial charge in [0.05, 0.1) is 14.2 Å². The molecule has 2 aromatic carbocycles. The van der Waals surface area contributed by atoms with Crippen LogP contribution < -0.4 is 14.8 Å². The maximum absolute atomic E-state index is 12.2. The lowest BCUT2D eigenvalue weighted by Crippen LogP contribution is -2.27. The van der Waals surface area contributed by atoms with Gasteiger partial charge in [0.1, 0.15) is 5.70 Å². The Kier molecular flexibility index (Phi) is 6.19. The summed E-state index contributed by atoms with van der Waals surface area (Å²) in [5.41, 5.74) is 0.647. The number of rotatable bonds is 6. The molecule has 0 heterocycles. The van der Waals surface area contributed by atoms with Gasteiger partial charge in [-0.25, -0.2) is 4.79 Å². The van der Waals surface area contributed by atoms with Crippen molar-refractivity contribution in [3.05, 3.63) is 63.8 Å². The van der Waals surface area contributed by atoms with Gasteiger partial charge in [-0.05, 0) is 48.0 Å². The first kappa shape index (κ1) is 18.5. The van der Waals surface area contributed by atoms with Crippen molar-refractivity contribution >= 4 is 33.9 Å². The number of carbonyl (C=O) groups excluding carboxylic acids is 1. The Hall–Kier alpha value is -2.80. The number of carboxylic acid groups (broad SMARTS) is 1. The van der Waals surface area contributed by atoms with Crippen molar-refractivity contribution in [1.29, 1.82) is 0 Å². The number of amides is 1. The normalized spacial score (nSPS) is 10.9. The number of halogens is 1. The third kappa shape index (κ3) is 4.84. The van der Waals surface area contributed by atoms with Crippen LogP contribution in [0.2, 0.25) is 0 Å². The van der Waals surface area contributed by atoms with E-state index in [1.54, 1.807) is 42.5 Å². The number of hydrogen-bond donors (Lipinski definition) is 2. The standard InChI is InChI=1S/C18H16BrNO5/c1-24-15-8-3-11(10-16(15)25-2)9-14(18(22)23)20-17(21)12-4-6-13(19)7-5-12/h3-10H,1-2H3,(H,20,21)(H,22,23)/b14-9-. The predicted octanol–water partition coefficient (Wildman–Crippen LogP) is 3.32. The number of carboxylic acids is 1. The van der Waals surface area contributed by atoms with Gasteiger partial charge in [0.15, 0.2) is 11.5 Å². The Bertz CT molecular complexity index is 815. The average Bonchev–Trinajstić information content (AvgIpc) is 2.61. The van der Waals surface area contributed by atoms with Gasteiger partial charge in [-0.3, -0.25) is 4.79 Å². The monoisotopic (exact) mass is 405 g/mol. The molecule has 130 valence electrons. The summed E-state index contributed by atoms with van der Waals surface area (Å²) in [6.07, 6.45) is 1.35. The highest BCUT2D eigenvalue weighted by Gasteiger charge is 2.14. The van der Waals surface area contributed by atoms with Gasteiger partial charge in [-0.15, -0.1) is 0 Å². The van der Waals surface area contributed by atoms with Crippen molar-refractivity contribution in [1.82, 2.24) is 5.32 Å². The number of methoxy groups -OCH3 is 2. The van der Waals surface area contributed by atoms with Crippen LogP contribution in [-0.4, -0.2) is 31.2 Å². The van der Waals surface area contributed by atoms with Crippen LogP contribution in [0.4, 0.5) is 0 Å². The van der Waals surface area contributed by atoms with E-state index < -0.39 is 11.9 Å². The van der Waals surface area contributed by atoms with Crippen molar-refractivity contribution in [2.45, 2.75) is 0 Å². The average molecular weight is 406 g/mol. The Labute approximate surface area is 153 Å². The SMILES string of the molecule is COc1ccc(/C=C(\NC(=O)c2ccc(Br)cc2)C(=O)O)cc1OC. The van der Waals surface area contributed by atoms with E-state index in [1.165, 1.54) is 20.3 Å². The molecule has 0 radical (unpaired) electrons. The highest BCUT2D eigenvalue weighted by molar-refractivity contribution is 9.10. The topological polar surface area (TPSA) is 84.9 Å². The zero-order valence-electron chi connectivity index (χ0n) is 13.6. The minimum atomic E-state index is -1.25. The van der Waals surface area contributed by atoms with E-state index in [9.17, 15) is 14.7 Å². The molecule has 0 aromatic heterocycles. The van der Waals surface area contributed by atoms with Crippen LogP contribution in [0.1, 0.15) is 15.9 Å². The second-order valence-electron chi connectivity index (χ2n) is 4.94. The molecule has 0 fully saturated rings. The van der Waals surface area contributed by atoms with E-state index in [2.05, 4.69) is 21.2 Å². The highest BCUT2D eigenvalue weighted by Crippen LogP contribution is 2.28. The molecule has 0 aliphatic rings. The van der Waals surface area contributed by atoms with E-state index >= 15 is 0 Å². The summed E-state index contributed by atoms with van der Waals surface area (Å²) in [4.78, 5) is 23.7. The van der Waals surface area contributed by atoms with Gasteiger partial charge in [0, 0.05) is 10.0 Å². The summed E-state index contributed by atoms with van der Waals surface area (Å²) < 4.78 is 11.1. The Morgan fingerprint density at radius 2 is 1.68 bits per heavy atom. The molecule has 1 amide bonds. The third-order valence-corrected chi connectivity index (χ3v) is 3.83. The fourth-order valence-electron chi connectivity index (χ4n) is 2.06. The van der Waals surface area contributed by atoms with Crippen molar-refractivity contribution in [2.24, 2.45) is 0 Å². The molecule has 0 bridgehead atoms. The maximum Gasteiger partial charge on any atom is 0.352 e.